The first-order chi connectivity index (χ1) is 7.04. The Hall–Kier alpha value is -0.620. The number of hydrogen-bond donors (Lipinski definition) is 1. The van der Waals surface area contributed by atoms with Gasteiger partial charge in [0.25, 0.3) is 0 Å². The maximum atomic E-state index is 11.7. The van der Waals surface area contributed by atoms with E-state index in [-0.39, 0.29) is 30.7 Å². The standard InChI is InChI=1S/C9H16N2O3S/c10-5-8-6-11(3-4-15(8,13)14)9(12)7-1-2-7/h7-8H,1-6,10H2. The van der Waals surface area contributed by atoms with E-state index < -0.39 is 15.1 Å². The number of sulfone groups is 1. The molecule has 1 unspecified atom stereocenters. The summed E-state index contributed by atoms with van der Waals surface area (Å²) < 4.78 is 23.1. The lowest BCUT2D eigenvalue weighted by Crippen LogP contribution is -2.52. The van der Waals surface area contributed by atoms with Crippen LogP contribution < -0.4 is 5.73 Å². The molecule has 2 rings (SSSR count). The van der Waals surface area contributed by atoms with Crippen molar-refractivity contribution in [2.75, 3.05) is 25.4 Å². The van der Waals surface area contributed by atoms with Gasteiger partial charge >= 0.3 is 0 Å². The molecule has 0 aromatic rings. The van der Waals surface area contributed by atoms with Crippen LogP contribution in [0.1, 0.15) is 12.8 Å². The minimum Gasteiger partial charge on any atom is -0.340 e. The van der Waals surface area contributed by atoms with E-state index in [2.05, 4.69) is 0 Å². The lowest BCUT2D eigenvalue weighted by Gasteiger charge is -2.32. The summed E-state index contributed by atoms with van der Waals surface area (Å²) in [7, 11) is -3.06. The summed E-state index contributed by atoms with van der Waals surface area (Å²) in [5, 5.41) is -0.561. The number of rotatable bonds is 2. The Morgan fingerprint density at radius 1 is 1.40 bits per heavy atom. The summed E-state index contributed by atoms with van der Waals surface area (Å²) >= 11 is 0. The third-order valence-corrected chi connectivity index (χ3v) is 5.19. The Morgan fingerprint density at radius 3 is 2.60 bits per heavy atom. The maximum absolute atomic E-state index is 11.7. The molecule has 0 spiro atoms. The van der Waals surface area contributed by atoms with E-state index >= 15 is 0 Å². The lowest BCUT2D eigenvalue weighted by atomic mass is 10.3. The second-order valence-electron chi connectivity index (χ2n) is 4.28. The summed E-state index contributed by atoms with van der Waals surface area (Å²) in [6, 6.07) is 0. The Labute approximate surface area is 89.5 Å². The molecular formula is C9H16N2O3S. The van der Waals surface area contributed by atoms with Gasteiger partial charge in [-0.25, -0.2) is 8.42 Å². The van der Waals surface area contributed by atoms with Gasteiger partial charge in [-0.2, -0.15) is 0 Å². The van der Waals surface area contributed by atoms with Crippen molar-refractivity contribution in [3.05, 3.63) is 0 Å². The minimum atomic E-state index is -3.06. The quantitative estimate of drug-likeness (QED) is 0.661. The fourth-order valence-corrected chi connectivity index (χ4v) is 3.37. The molecule has 0 radical (unpaired) electrons. The van der Waals surface area contributed by atoms with Crippen molar-refractivity contribution in [1.29, 1.82) is 0 Å². The number of carbonyl (C=O) groups is 1. The van der Waals surface area contributed by atoms with Gasteiger partial charge in [0.15, 0.2) is 9.84 Å². The fraction of sp³-hybridized carbons (Fsp3) is 0.889. The zero-order chi connectivity index (χ0) is 11.1. The molecule has 1 heterocycles. The van der Waals surface area contributed by atoms with Gasteiger partial charge in [-0.15, -0.1) is 0 Å². The molecule has 86 valence electrons. The van der Waals surface area contributed by atoms with Gasteiger partial charge in [-0.1, -0.05) is 0 Å². The molecule has 15 heavy (non-hydrogen) atoms. The van der Waals surface area contributed by atoms with Crippen LogP contribution in [-0.4, -0.2) is 49.9 Å². The normalized spacial score (nSPS) is 30.2. The summed E-state index contributed by atoms with van der Waals surface area (Å²) in [5.41, 5.74) is 5.42. The summed E-state index contributed by atoms with van der Waals surface area (Å²) in [6.07, 6.45) is 1.91. The van der Waals surface area contributed by atoms with Crippen LogP contribution in [0, 0.1) is 5.92 Å². The van der Waals surface area contributed by atoms with Crippen molar-refractivity contribution in [2.45, 2.75) is 18.1 Å². The molecule has 1 aliphatic carbocycles. The predicted molar refractivity (Wildman–Crippen MR) is 55.9 cm³/mol. The molecule has 1 atom stereocenters. The molecule has 6 heteroatoms. The first-order valence-electron chi connectivity index (χ1n) is 5.25. The molecule has 5 nitrogen and oxygen atoms in total. The SMILES string of the molecule is NCC1CN(C(=O)C2CC2)CCS1(=O)=O. The van der Waals surface area contributed by atoms with Crippen molar-refractivity contribution < 1.29 is 13.2 Å². The van der Waals surface area contributed by atoms with Gasteiger partial charge in [-0.3, -0.25) is 4.79 Å². The largest absolute Gasteiger partial charge is 0.340 e. The van der Waals surface area contributed by atoms with Gasteiger partial charge in [0.05, 0.1) is 11.0 Å². The first-order valence-corrected chi connectivity index (χ1v) is 6.96. The van der Waals surface area contributed by atoms with Crippen molar-refractivity contribution in [3.63, 3.8) is 0 Å². The second kappa shape index (κ2) is 3.75. The van der Waals surface area contributed by atoms with E-state index in [0.29, 0.717) is 6.54 Å². The highest BCUT2D eigenvalue weighted by Crippen LogP contribution is 2.31. The highest BCUT2D eigenvalue weighted by molar-refractivity contribution is 7.92. The number of carbonyl (C=O) groups excluding carboxylic acids is 1. The molecule has 2 N–H and O–H groups in total. The highest BCUT2D eigenvalue weighted by Gasteiger charge is 2.39. The van der Waals surface area contributed by atoms with E-state index in [4.69, 9.17) is 5.73 Å². The van der Waals surface area contributed by atoms with Crippen molar-refractivity contribution in [1.82, 2.24) is 4.90 Å². The van der Waals surface area contributed by atoms with Crippen LogP contribution in [-0.2, 0) is 14.6 Å². The predicted octanol–water partition coefficient (Wildman–Crippen LogP) is -1.02. The van der Waals surface area contributed by atoms with E-state index in [0.717, 1.165) is 12.8 Å². The highest BCUT2D eigenvalue weighted by atomic mass is 32.2. The summed E-state index contributed by atoms with van der Waals surface area (Å²) in [5.74, 6) is 0.334. The van der Waals surface area contributed by atoms with Gasteiger partial charge in [0.2, 0.25) is 5.91 Å². The minimum absolute atomic E-state index is 0.0628. The van der Waals surface area contributed by atoms with Crippen molar-refractivity contribution >= 4 is 15.7 Å². The maximum Gasteiger partial charge on any atom is 0.225 e. The van der Waals surface area contributed by atoms with Gasteiger partial charge < -0.3 is 10.6 Å². The third-order valence-electron chi connectivity index (χ3n) is 3.08. The molecule has 1 saturated heterocycles. The number of nitrogens with two attached hydrogens (primary N) is 1. The molecule has 2 fully saturated rings. The van der Waals surface area contributed by atoms with Crippen LogP contribution in [0.2, 0.25) is 0 Å². The number of hydrogen-bond acceptors (Lipinski definition) is 4. The van der Waals surface area contributed by atoms with Crippen LogP contribution in [0.5, 0.6) is 0 Å². The van der Waals surface area contributed by atoms with Crippen LogP contribution in [0.25, 0.3) is 0 Å². The van der Waals surface area contributed by atoms with E-state index in [9.17, 15) is 13.2 Å². The topological polar surface area (TPSA) is 80.5 Å². The molecule has 0 aromatic carbocycles. The number of amides is 1. The lowest BCUT2D eigenvalue weighted by molar-refractivity contribution is -0.132. The van der Waals surface area contributed by atoms with Crippen LogP contribution in [0.15, 0.2) is 0 Å². The van der Waals surface area contributed by atoms with Gasteiger partial charge in [-0.05, 0) is 12.8 Å². The Bertz CT molecular complexity index is 362. The molecular weight excluding hydrogens is 216 g/mol. The van der Waals surface area contributed by atoms with Crippen molar-refractivity contribution in [3.8, 4) is 0 Å². The average molecular weight is 232 g/mol. The zero-order valence-corrected chi connectivity index (χ0v) is 9.37. The molecule has 1 saturated carbocycles. The molecule has 1 aliphatic heterocycles. The Morgan fingerprint density at radius 2 is 2.07 bits per heavy atom. The van der Waals surface area contributed by atoms with Crippen molar-refractivity contribution in [2.24, 2.45) is 11.7 Å². The smallest absolute Gasteiger partial charge is 0.225 e. The van der Waals surface area contributed by atoms with Gasteiger partial charge in [0.1, 0.15) is 0 Å². The average Bonchev–Trinajstić information content (AvgIpc) is 2.99. The number of nitrogens with zero attached hydrogens (tertiary/aromatic N) is 1. The summed E-state index contributed by atoms with van der Waals surface area (Å²) in [6.45, 7) is 0.735. The fourth-order valence-electron chi connectivity index (χ4n) is 1.86. The van der Waals surface area contributed by atoms with E-state index in [1.165, 1.54) is 0 Å². The van der Waals surface area contributed by atoms with Crippen LogP contribution in [0.3, 0.4) is 0 Å². The Balaban J connectivity index is 2.04. The van der Waals surface area contributed by atoms with Crippen LogP contribution >= 0.6 is 0 Å². The van der Waals surface area contributed by atoms with E-state index in [1.54, 1.807) is 4.90 Å². The Kier molecular flexibility index (Phi) is 2.72. The van der Waals surface area contributed by atoms with Gasteiger partial charge in [0, 0.05) is 25.6 Å². The molecule has 1 amide bonds. The molecule has 2 aliphatic rings. The molecule has 0 aromatic heterocycles. The zero-order valence-electron chi connectivity index (χ0n) is 8.55. The first kappa shape index (κ1) is 10.9. The molecule has 0 bridgehead atoms. The van der Waals surface area contributed by atoms with E-state index in [1.807, 2.05) is 0 Å². The summed E-state index contributed by atoms with van der Waals surface area (Å²) in [4.78, 5) is 13.4. The second-order valence-corrected chi connectivity index (χ2v) is 6.68. The van der Waals surface area contributed by atoms with Crippen LogP contribution in [0.4, 0.5) is 0 Å². The monoisotopic (exact) mass is 232 g/mol. The third kappa shape index (κ3) is 2.15.